The van der Waals surface area contributed by atoms with Crippen LogP contribution in [0.25, 0.3) is 6.08 Å². The van der Waals surface area contributed by atoms with Crippen LogP contribution in [0.1, 0.15) is 11.1 Å². The molecule has 1 aliphatic heterocycles. The molecule has 3 aromatic carbocycles. The Morgan fingerprint density at radius 3 is 2.53 bits per heavy atom. The van der Waals surface area contributed by atoms with Crippen LogP contribution in [0.4, 0.5) is 11.4 Å². The molecular weight excluding hydrogens is 406 g/mol. The number of rotatable bonds is 6. The van der Waals surface area contributed by atoms with Gasteiger partial charge in [0.1, 0.15) is 11.3 Å². The molecule has 3 amide bonds. The van der Waals surface area contributed by atoms with E-state index in [1.807, 2.05) is 37.3 Å². The molecule has 1 heterocycles. The van der Waals surface area contributed by atoms with Crippen molar-refractivity contribution in [2.75, 3.05) is 16.9 Å². The Kier molecular flexibility index (Phi) is 5.98. The molecule has 1 saturated heterocycles. The van der Waals surface area contributed by atoms with Crippen molar-refractivity contribution >= 4 is 35.2 Å². The highest BCUT2D eigenvalue weighted by atomic mass is 16.5. The van der Waals surface area contributed by atoms with E-state index in [4.69, 9.17) is 4.74 Å². The molecule has 0 spiro atoms. The number of carbonyl (C=O) groups excluding carboxylic acids is 3. The molecular formula is C25H21N3O4. The first-order chi connectivity index (χ1) is 15.5. The number of hydrogen-bond donors (Lipinski definition) is 2. The summed E-state index contributed by atoms with van der Waals surface area (Å²) in [6, 6.07) is 23.2. The van der Waals surface area contributed by atoms with E-state index in [1.165, 1.54) is 11.1 Å². The normalized spacial score (nSPS) is 14.4. The Morgan fingerprint density at radius 1 is 1.00 bits per heavy atom. The highest BCUT2D eigenvalue weighted by Crippen LogP contribution is 2.22. The van der Waals surface area contributed by atoms with E-state index in [0.717, 1.165) is 11.3 Å². The fraction of sp³-hybridized carbons (Fsp3) is 0.0800. The zero-order valence-electron chi connectivity index (χ0n) is 17.4. The summed E-state index contributed by atoms with van der Waals surface area (Å²) in [5.74, 6) is -0.759. The van der Waals surface area contributed by atoms with E-state index >= 15 is 0 Å². The molecule has 160 valence electrons. The predicted octanol–water partition coefficient (Wildman–Crippen LogP) is 3.47. The van der Waals surface area contributed by atoms with Gasteiger partial charge in [-0.05, 0) is 54.5 Å². The van der Waals surface area contributed by atoms with E-state index in [1.54, 1.807) is 48.5 Å². The lowest BCUT2D eigenvalue weighted by molar-refractivity contribution is -0.118. The summed E-state index contributed by atoms with van der Waals surface area (Å²) in [6.07, 6.45) is 1.50. The second-order valence-corrected chi connectivity index (χ2v) is 7.20. The minimum absolute atomic E-state index is 0.0169. The molecule has 1 fully saturated rings. The fourth-order valence-corrected chi connectivity index (χ4v) is 3.23. The van der Waals surface area contributed by atoms with Crippen LogP contribution in [0, 0.1) is 6.92 Å². The highest BCUT2D eigenvalue weighted by Gasteiger charge is 2.34. The van der Waals surface area contributed by atoms with Crippen molar-refractivity contribution in [2.24, 2.45) is 0 Å². The molecule has 3 aromatic rings. The third-order valence-corrected chi connectivity index (χ3v) is 4.86. The number of anilines is 2. The monoisotopic (exact) mass is 427 g/mol. The van der Waals surface area contributed by atoms with E-state index < -0.39 is 11.8 Å². The maximum atomic E-state index is 12.7. The molecule has 0 saturated carbocycles. The van der Waals surface area contributed by atoms with Crippen molar-refractivity contribution in [3.63, 3.8) is 0 Å². The average molecular weight is 427 g/mol. The molecule has 0 aliphatic carbocycles. The molecule has 0 radical (unpaired) electrons. The third-order valence-electron chi connectivity index (χ3n) is 4.86. The van der Waals surface area contributed by atoms with Crippen molar-refractivity contribution in [1.29, 1.82) is 0 Å². The van der Waals surface area contributed by atoms with Gasteiger partial charge in [-0.25, -0.2) is 5.01 Å². The van der Waals surface area contributed by atoms with E-state index in [9.17, 15) is 14.4 Å². The molecule has 7 nitrogen and oxygen atoms in total. The highest BCUT2D eigenvalue weighted by molar-refractivity contribution is 6.31. The summed E-state index contributed by atoms with van der Waals surface area (Å²) in [4.78, 5) is 37.3. The minimum atomic E-state index is -0.484. The zero-order chi connectivity index (χ0) is 22.5. The van der Waals surface area contributed by atoms with Gasteiger partial charge in [-0.2, -0.15) is 0 Å². The lowest BCUT2D eigenvalue weighted by atomic mass is 10.1. The topological polar surface area (TPSA) is 87.7 Å². The molecule has 1 aliphatic rings. The van der Waals surface area contributed by atoms with Crippen LogP contribution >= 0.6 is 0 Å². The van der Waals surface area contributed by atoms with Gasteiger partial charge in [-0.15, -0.1) is 0 Å². The molecule has 32 heavy (non-hydrogen) atoms. The summed E-state index contributed by atoms with van der Waals surface area (Å²) < 4.78 is 5.59. The van der Waals surface area contributed by atoms with Crippen LogP contribution in [0.2, 0.25) is 0 Å². The van der Waals surface area contributed by atoms with Crippen molar-refractivity contribution in [1.82, 2.24) is 5.43 Å². The van der Waals surface area contributed by atoms with Crippen LogP contribution in [-0.4, -0.2) is 24.3 Å². The second-order valence-electron chi connectivity index (χ2n) is 7.20. The van der Waals surface area contributed by atoms with Crippen LogP contribution < -0.4 is 20.5 Å². The van der Waals surface area contributed by atoms with Gasteiger partial charge in [-0.3, -0.25) is 19.8 Å². The second kappa shape index (κ2) is 9.18. The maximum Gasteiger partial charge on any atom is 0.282 e. The van der Waals surface area contributed by atoms with Gasteiger partial charge in [0.25, 0.3) is 17.7 Å². The first-order valence-electron chi connectivity index (χ1n) is 10.0. The Labute approximate surface area is 185 Å². The number of amides is 3. The van der Waals surface area contributed by atoms with Crippen LogP contribution in [0.15, 0.2) is 84.4 Å². The molecule has 0 atom stereocenters. The van der Waals surface area contributed by atoms with E-state index in [0.29, 0.717) is 17.0 Å². The Balaban J connectivity index is 1.43. The number of ether oxygens (including phenoxy) is 1. The molecule has 2 N–H and O–H groups in total. The smallest absolute Gasteiger partial charge is 0.282 e. The predicted molar refractivity (Wildman–Crippen MR) is 122 cm³/mol. The Morgan fingerprint density at radius 2 is 1.75 bits per heavy atom. The molecule has 0 bridgehead atoms. The van der Waals surface area contributed by atoms with Crippen LogP contribution in [0.3, 0.4) is 0 Å². The molecule has 4 rings (SSSR count). The van der Waals surface area contributed by atoms with Gasteiger partial charge in [0.05, 0.1) is 5.69 Å². The van der Waals surface area contributed by atoms with Gasteiger partial charge in [0, 0.05) is 5.69 Å². The van der Waals surface area contributed by atoms with Crippen molar-refractivity contribution in [3.05, 3.63) is 95.6 Å². The van der Waals surface area contributed by atoms with Gasteiger partial charge in [-0.1, -0.05) is 48.5 Å². The number of benzene rings is 3. The van der Waals surface area contributed by atoms with E-state index in [-0.39, 0.29) is 18.1 Å². The quantitative estimate of drug-likeness (QED) is 0.466. The van der Waals surface area contributed by atoms with Gasteiger partial charge >= 0.3 is 0 Å². The number of hydrogen-bond acceptors (Lipinski definition) is 4. The Hall–Kier alpha value is -4.39. The molecule has 0 aromatic heterocycles. The number of para-hydroxylation sites is 2. The van der Waals surface area contributed by atoms with Crippen molar-refractivity contribution in [3.8, 4) is 5.75 Å². The lowest BCUT2D eigenvalue weighted by Crippen LogP contribution is -2.35. The SMILES string of the molecule is Cc1ccccc1NC(=O)COc1cccc(/C=C2/C(=O)NN(c3ccccc3)C2=O)c1. The van der Waals surface area contributed by atoms with E-state index in [2.05, 4.69) is 10.7 Å². The van der Waals surface area contributed by atoms with Gasteiger partial charge in [0.15, 0.2) is 6.61 Å². The average Bonchev–Trinajstić information content (AvgIpc) is 3.08. The van der Waals surface area contributed by atoms with Crippen molar-refractivity contribution < 1.29 is 19.1 Å². The largest absolute Gasteiger partial charge is 0.484 e. The van der Waals surface area contributed by atoms with Gasteiger partial charge in [0.2, 0.25) is 0 Å². The summed E-state index contributed by atoms with van der Waals surface area (Å²) in [7, 11) is 0. The summed E-state index contributed by atoms with van der Waals surface area (Å²) in [6.45, 7) is 1.74. The zero-order valence-corrected chi connectivity index (χ0v) is 17.4. The van der Waals surface area contributed by atoms with Crippen LogP contribution in [-0.2, 0) is 14.4 Å². The fourth-order valence-electron chi connectivity index (χ4n) is 3.23. The number of nitrogens with zero attached hydrogens (tertiary/aromatic N) is 1. The lowest BCUT2D eigenvalue weighted by Gasteiger charge is -2.13. The molecule has 0 unspecified atom stereocenters. The summed E-state index contributed by atoms with van der Waals surface area (Å²) in [5.41, 5.74) is 5.45. The standard InChI is InChI=1S/C25H21N3O4/c1-17-8-5-6-13-22(17)26-23(29)16-32-20-12-7-9-18(14-20)15-21-24(30)27-28(25(21)31)19-10-3-2-4-11-19/h2-15H,16H2,1H3,(H,26,29)(H,27,30)/b21-15-. The first-order valence-corrected chi connectivity index (χ1v) is 10.0. The minimum Gasteiger partial charge on any atom is -0.484 e. The number of nitrogens with one attached hydrogen (secondary N) is 2. The Bertz CT molecular complexity index is 1200. The third kappa shape index (κ3) is 4.67. The van der Waals surface area contributed by atoms with Crippen molar-refractivity contribution in [2.45, 2.75) is 6.92 Å². The summed E-state index contributed by atoms with van der Waals surface area (Å²) in [5, 5.41) is 4.02. The molecule has 7 heteroatoms. The number of hydrazine groups is 1. The van der Waals surface area contributed by atoms with Crippen LogP contribution in [0.5, 0.6) is 5.75 Å². The number of carbonyl (C=O) groups is 3. The van der Waals surface area contributed by atoms with Gasteiger partial charge < -0.3 is 10.1 Å². The first kappa shape index (κ1) is 20.9. The number of aryl methyl sites for hydroxylation is 1. The maximum absolute atomic E-state index is 12.7. The summed E-state index contributed by atoms with van der Waals surface area (Å²) >= 11 is 0.